The van der Waals surface area contributed by atoms with E-state index in [9.17, 15) is 0 Å². The predicted octanol–water partition coefficient (Wildman–Crippen LogP) is 11.2. The maximum atomic E-state index is 5.13. The normalized spacial score (nSPS) is 11.3. The van der Waals surface area contributed by atoms with Crippen molar-refractivity contribution in [2.75, 3.05) is 0 Å². The lowest BCUT2D eigenvalue weighted by atomic mass is 10.1. The number of benzene rings is 7. The third-order valence-corrected chi connectivity index (χ3v) is 9.67. The molecular weight excluding hydrogens is 675 g/mol. The molecule has 0 radical (unpaired) electrons. The molecule has 0 spiro atoms. The van der Waals surface area contributed by atoms with Gasteiger partial charge in [0.2, 0.25) is 0 Å². The molecule has 0 amide bonds. The third-order valence-electron chi connectivity index (χ3n) is 9.67. The second-order valence-electron chi connectivity index (χ2n) is 13.2. The number of para-hydroxylation sites is 2. The zero-order chi connectivity index (χ0) is 36.6. The molecule has 0 fully saturated rings. The molecule has 0 bridgehead atoms. The first-order chi connectivity index (χ1) is 27.2. The van der Waals surface area contributed by atoms with Crippen LogP contribution in [-0.4, -0.2) is 34.5 Å². The van der Waals surface area contributed by atoms with Crippen LogP contribution < -0.4 is 0 Å². The molecule has 10 rings (SSSR count). The van der Waals surface area contributed by atoms with Crippen LogP contribution in [0.4, 0.5) is 0 Å². The van der Waals surface area contributed by atoms with Gasteiger partial charge < -0.3 is 4.57 Å². The van der Waals surface area contributed by atoms with Gasteiger partial charge in [-0.1, -0.05) is 158 Å². The fourth-order valence-corrected chi connectivity index (χ4v) is 7.07. The lowest BCUT2D eigenvalue weighted by molar-refractivity contribution is 1.06. The summed E-state index contributed by atoms with van der Waals surface area (Å²) in [5.41, 5.74) is 8.31. The van der Waals surface area contributed by atoms with Crippen molar-refractivity contribution in [1.29, 1.82) is 0 Å². The summed E-state index contributed by atoms with van der Waals surface area (Å²) in [7, 11) is 0. The van der Waals surface area contributed by atoms with Crippen LogP contribution in [-0.2, 0) is 0 Å². The Morgan fingerprint density at radius 1 is 0.255 bits per heavy atom. The first-order valence-electron chi connectivity index (χ1n) is 18.1. The summed E-state index contributed by atoms with van der Waals surface area (Å²) in [6.07, 6.45) is 0. The number of rotatable bonds is 7. The highest BCUT2D eigenvalue weighted by molar-refractivity contribution is 6.09. The highest BCUT2D eigenvalue weighted by Crippen LogP contribution is 2.36. The van der Waals surface area contributed by atoms with E-state index in [1.807, 2.05) is 121 Å². The molecule has 0 saturated carbocycles. The van der Waals surface area contributed by atoms with Gasteiger partial charge in [-0.25, -0.2) is 29.9 Å². The topological polar surface area (TPSA) is 82.3 Å². The van der Waals surface area contributed by atoms with Crippen molar-refractivity contribution in [3.8, 4) is 74.0 Å². The van der Waals surface area contributed by atoms with Crippen molar-refractivity contribution in [1.82, 2.24) is 34.5 Å². The maximum Gasteiger partial charge on any atom is 0.164 e. The first-order valence-corrected chi connectivity index (χ1v) is 18.1. The van der Waals surface area contributed by atoms with Crippen LogP contribution in [0.25, 0.3) is 95.8 Å². The highest BCUT2D eigenvalue weighted by atomic mass is 15.1. The second-order valence-corrected chi connectivity index (χ2v) is 13.2. The van der Waals surface area contributed by atoms with Crippen molar-refractivity contribution in [3.63, 3.8) is 0 Å². The van der Waals surface area contributed by atoms with Crippen molar-refractivity contribution >= 4 is 21.8 Å². The molecule has 3 heterocycles. The van der Waals surface area contributed by atoms with Crippen LogP contribution in [0.3, 0.4) is 0 Å². The fourth-order valence-electron chi connectivity index (χ4n) is 7.07. The first kappa shape index (κ1) is 32.0. The summed E-state index contributed by atoms with van der Waals surface area (Å²) in [5, 5.41) is 2.33. The van der Waals surface area contributed by atoms with Crippen LogP contribution in [0.5, 0.6) is 0 Å². The standard InChI is InChI=1S/C48H31N7/c1-5-17-32(18-6-1)43-49-44(33-19-7-2-8-20-33)52-47(51-43)36-29-37(31-38(30-36)55-41-27-15-13-25-39(41)40-26-14-16-28-42(40)55)48-53-45(34-21-9-3-10-22-34)50-46(54-48)35-23-11-4-12-24-35/h1-31H. The quantitative estimate of drug-likeness (QED) is 0.164. The van der Waals surface area contributed by atoms with E-state index in [2.05, 4.69) is 71.3 Å². The molecule has 7 aromatic carbocycles. The van der Waals surface area contributed by atoms with Gasteiger partial charge in [-0.05, 0) is 30.3 Å². The van der Waals surface area contributed by atoms with Crippen LogP contribution >= 0.6 is 0 Å². The Hall–Kier alpha value is -7.64. The van der Waals surface area contributed by atoms with Crippen molar-refractivity contribution in [2.24, 2.45) is 0 Å². The van der Waals surface area contributed by atoms with Crippen LogP contribution in [0.1, 0.15) is 0 Å². The summed E-state index contributed by atoms with van der Waals surface area (Å²) in [6.45, 7) is 0. The molecule has 7 nitrogen and oxygen atoms in total. The molecule has 0 aliphatic rings. The maximum absolute atomic E-state index is 5.13. The predicted molar refractivity (Wildman–Crippen MR) is 220 cm³/mol. The molecule has 258 valence electrons. The Labute approximate surface area is 317 Å². The molecule has 7 heteroatoms. The Bertz CT molecular complexity index is 2650. The highest BCUT2D eigenvalue weighted by Gasteiger charge is 2.19. The van der Waals surface area contributed by atoms with Gasteiger partial charge in [0.15, 0.2) is 34.9 Å². The summed E-state index contributed by atoms with van der Waals surface area (Å²) >= 11 is 0. The van der Waals surface area contributed by atoms with Crippen molar-refractivity contribution in [2.45, 2.75) is 0 Å². The van der Waals surface area contributed by atoms with Crippen LogP contribution in [0.15, 0.2) is 188 Å². The van der Waals surface area contributed by atoms with Crippen molar-refractivity contribution in [3.05, 3.63) is 188 Å². The Balaban J connectivity index is 1.27. The molecule has 10 aromatic rings. The van der Waals surface area contributed by atoms with E-state index in [4.69, 9.17) is 29.9 Å². The summed E-state index contributed by atoms with van der Waals surface area (Å²) < 4.78 is 2.30. The number of hydrogen-bond acceptors (Lipinski definition) is 6. The van der Waals surface area contributed by atoms with E-state index in [0.717, 1.165) is 50.1 Å². The molecule has 0 atom stereocenters. The van der Waals surface area contributed by atoms with Gasteiger partial charge in [-0.15, -0.1) is 0 Å². The smallest absolute Gasteiger partial charge is 0.164 e. The minimum absolute atomic E-state index is 0.539. The van der Waals surface area contributed by atoms with E-state index in [1.54, 1.807) is 0 Å². The molecule has 0 aliphatic heterocycles. The minimum Gasteiger partial charge on any atom is -0.309 e. The minimum atomic E-state index is 0.539. The molecule has 3 aromatic heterocycles. The van der Waals surface area contributed by atoms with E-state index in [0.29, 0.717) is 34.9 Å². The van der Waals surface area contributed by atoms with Gasteiger partial charge in [-0.2, -0.15) is 0 Å². The molecular formula is C48H31N7. The number of fused-ring (bicyclic) bond motifs is 3. The van der Waals surface area contributed by atoms with Gasteiger partial charge in [0.25, 0.3) is 0 Å². The van der Waals surface area contributed by atoms with Gasteiger partial charge >= 0.3 is 0 Å². The average Bonchev–Trinajstić information content (AvgIpc) is 3.61. The van der Waals surface area contributed by atoms with Gasteiger partial charge in [-0.3, -0.25) is 0 Å². The molecule has 0 N–H and O–H groups in total. The van der Waals surface area contributed by atoms with Gasteiger partial charge in [0.05, 0.1) is 11.0 Å². The van der Waals surface area contributed by atoms with E-state index < -0.39 is 0 Å². The lowest BCUT2D eigenvalue weighted by Gasteiger charge is -2.14. The molecule has 0 saturated heterocycles. The second kappa shape index (κ2) is 13.7. The summed E-state index contributed by atoms with van der Waals surface area (Å²) in [5.74, 6) is 3.43. The monoisotopic (exact) mass is 705 g/mol. The summed E-state index contributed by atoms with van der Waals surface area (Å²) in [6, 6.07) is 63.5. The third kappa shape index (κ3) is 6.09. The summed E-state index contributed by atoms with van der Waals surface area (Å²) in [4.78, 5) is 30.4. The average molecular weight is 706 g/mol. The number of nitrogens with zero attached hydrogens (tertiary/aromatic N) is 7. The van der Waals surface area contributed by atoms with Gasteiger partial charge in [0, 0.05) is 49.8 Å². The largest absolute Gasteiger partial charge is 0.309 e. The molecule has 0 aliphatic carbocycles. The van der Waals surface area contributed by atoms with Gasteiger partial charge in [0.1, 0.15) is 0 Å². The zero-order valence-corrected chi connectivity index (χ0v) is 29.5. The number of aromatic nitrogens is 7. The number of hydrogen-bond donors (Lipinski definition) is 0. The van der Waals surface area contributed by atoms with Crippen molar-refractivity contribution < 1.29 is 0 Å². The molecule has 0 unspecified atom stereocenters. The van der Waals surface area contributed by atoms with E-state index in [-0.39, 0.29) is 0 Å². The SMILES string of the molecule is c1ccc(-c2nc(-c3ccccc3)nc(-c3cc(-c4nc(-c5ccccc5)nc(-c5ccccc5)n4)cc(-n4c5ccccc5c5ccccc54)c3)n2)cc1. The van der Waals surface area contributed by atoms with E-state index >= 15 is 0 Å². The van der Waals surface area contributed by atoms with E-state index in [1.165, 1.54) is 10.8 Å². The Kier molecular flexibility index (Phi) is 8.00. The Morgan fingerprint density at radius 3 is 0.855 bits per heavy atom. The molecule has 55 heavy (non-hydrogen) atoms. The van der Waals surface area contributed by atoms with Crippen LogP contribution in [0, 0.1) is 0 Å². The zero-order valence-electron chi connectivity index (χ0n) is 29.5. The fraction of sp³-hybridized carbons (Fsp3) is 0. The Morgan fingerprint density at radius 2 is 0.527 bits per heavy atom. The lowest BCUT2D eigenvalue weighted by Crippen LogP contribution is -2.03. The van der Waals surface area contributed by atoms with Crippen LogP contribution in [0.2, 0.25) is 0 Å².